The number of nitrogens with two attached hydrogens (primary N) is 1. The number of allylic oxidation sites excluding steroid dienone is 9. The monoisotopic (exact) mass is 543 g/mol. The lowest BCUT2D eigenvalue weighted by molar-refractivity contribution is 0.448. The number of benzene rings is 4. The van der Waals surface area contributed by atoms with Crippen molar-refractivity contribution >= 4 is 39.5 Å². The molecule has 0 fully saturated rings. The summed E-state index contributed by atoms with van der Waals surface area (Å²) < 4.78 is 13.0. The molecule has 0 amide bonds. The van der Waals surface area contributed by atoms with E-state index >= 15 is 0 Å². The number of ether oxygens (including phenoxy) is 1. The first-order chi connectivity index (χ1) is 20.7. The van der Waals surface area contributed by atoms with Crippen LogP contribution in [0.4, 0.5) is 0 Å². The van der Waals surface area contributed by atoms with E-state index in [1.807, 2.05) is 78.9 Å². The fraction of sp³-hybridized carbons (Fsp3) is 0.0256. The minimum Gasteiger partial charge on any atom is -0.457 e. The summed E-state index contributed by atoms with van der Waals surface area (Å²) in [5, 5.41) is 3.16. The number of hydrogen-bond acceptors (Lipinski definition) is 3. The van der Waals surface area contributed by atoms with Crippen LogP contribution in [-0.4, -0.2) is 0 Å². The summed E-state index contributed by atoms with van der Waals surface area (Å²) in [4.78, 5) is 0. The van der Waals surface area contributed by atoms with Crippen molar-refractivity contribution < 1.29 is 9.15 Å². The highest BCUT2D eigenvalue weighted by molar-refractivity contribution is 6.04. The van der Waals surface area contributed by atoms with Crippen molar-refractivity contribution in [1.82, 2.24) is 0 Å². The average molecular weight is 544 g/mol. The molecular formula is C39H29NO2. The smallest absolute Gasteiger partial charge is 0.143 e. The Kier molecular flexibility index (Phi) is 6.54. The molecule has 0 saturated heterocycles. The van der Waals surface area contributed by atoms with Gasteiger partial charge in [-0.25, -0.2) is 0 Å². The van der Waals surface area contributed by atoms with Crippen LogP contribution in [0.3, 0.4) is 0 Å². The van der Waals surface area contributed by atoms with Crippen molar-refractivity contribution in [2.24, 2.45) is 5.73 Å². The zero-order valence-electron chi connectivity index (χ0n) is 23.1. The third-order valence-electron chi connectivity index (χ3n) is 7.64. The normalized spacial score (nSPS) is 20.3. The molecule has 3 heteroatoms. The first-order valence-corrected chi connectivity index (χ1v) is 14.1. The Labute approximate surface area is 245 Å². The van der Waals surface area contributed by atoms with Gasteiger partial charge in [0.25, 0.3) is 0 Å². The minimum absolute atomic E-state index is 0.585. The van der Waals surface area contributed by atoms with Gasteiger partial charge < -0.3 is 14.9 Å². The van der Waals surface area contributed by atoms with Crippen LogP contribution >= 0.6 is 0 Å². The van der Waals surface area contributed by atoms with Gasteiger partial charge in [0.15, 0.2) is 0 Å². The van der Waals surface area contributed by atoms with Gasteiger partial charge >= 0.3 is 0 Å². The van der Waals surface area contributed by atoms with E-state index in [2.05, 4.69) is 67.3 Å². The molecule has 2 heterocycles. The zero-order chi connectivity index (χ0) is 28.5. The quantitative estimate of drug-likeness (QED) is 0.229. The van der Waals surface area contributed by atoms with Crippen LogP contribution in [0.15, 0.2) is 150 Å². The van der Waals surface area contributed by atoms with Gasteiger partial charge in [0.2, 0.25) is 0 Å². The second kappa shape index (κ2) is 10.8. The van der Waals surface area contributed by atoms with Crippen LogP contribution in [0, 0.1) is 0 Å². The lowest BCUT2D eigenvalue weighted by Gasteiger charge is -2.19. The van der Waals surface area contributed by atoms with E-state index in [0.717, 1.165) is 66.6 Å². The third-order valence-corrected chi connectivity index (χ3v) is 7.64. The number of fused-ring (bicyclic) bond motifs is 8. The second-order valence-electron chi connectivity index (χ2n) is 10.4. The molecule has 7 rings (SSSR count). The first kappa shape index (κ1) is 25.4. The molecule has 0 bridgehead atoms. The van der Waals surface area contributed by atoms with Crippen molar-refractivity contribution in [3.63, 3.8) is 0 Å². The largest absolute Gasteiger partial charge is 0.457 e. The Bertz CT molecular complexity index is 2060. The Morgan fingerprint density at radius 3 is 2.40 bits per heavy atom. The maximum atomic E-state index is 6.64. The van der Waals surface area contributed by atoms with E-state index in [1.165, 1.54) is 0 Å². The summed E-state index contributed by atoms with van der Waals surface area (Å²) in [5.74, 6) is 2.21. The van der Waals surface area contributed by atoms with Crippen molar-refractivity contribution in [2.75, 3.05) is 0 Å². The summed E-state index contributed by atoms with van der Waals surface area (Å²) in [6, 6.07) is 27.0. The summed E-state index contributed by atoms with van der Waals surface area (Å²) in [6.07, 6.45) is 21.0. The maximum Gasteiger partial charge on any atom is 0.143 e. The van der Waals surface area contributed by atoms with E-state index < -0.39 is 0 Å². The molecule has 3 nitrogen and oxygen atoms in total. The fourth-order valence-corrected chi connectivity index (χ4v) is 5.69. The van der Waals surface area contributed by atoms with E-state index in [9.17, 15) is 0 Å². The predicted octanol–water partition coefficient (Wildman–Crippen LogP) is 9.78. The minimum atomic E-state index is 0.585. The predicted molar refractivity (Wildman–Crippen MR) is 176 cm³/mol. The number of furan rings is 1. The van der Waals surface area contributed by atoms with Crippen LogP contribution < -0.4 is 10.5 Å². The van der Waals surface area contributed by atoms with Gasteiger partial charge in [-0.3, -0.25) is 0 Å². The third kappa shape index (κ3) is 4.71. The Morgan fingerprint density at radius 2 is 1.48 bits per heavy atom. The van der Waals surface area contributed by atoms with Gasteiger partial charge in [-0.15, -0.1) is 0 Å². The molecule has 42 heavy (non-hydrogen) atoms. The summed E-state index contributed by atoms with van der Waals surface area (Å²) >= 11 is 0. The van der Waals surface area contributed by atoms with E-state index in [-0.39, 0.29) is 0 Å². The summed E-state index contributed by atoms with van der Waals surface area (Å²) in [5.41, 5.74) is 14.3. The molecule has 2 aliphatic rings. The van der Waals surface area contributed by atoms with Gasteiger partial charge in [-0.1, -0.05) is 110 Å². The van der Waals surface area contributed by atoms with Crippen LogP contribution in [0.1, 0.15) is 22.3 Å². The van der Waals surface area contributed by atoms with E-state index in [0.29, 0.717) is 17.9 Å². The lowest BCUT2D eigenvalue weighted by Crippen LogP contribution is -2.02. The Hall–Kier alpha value is -5.54. The molecule has 0 unspecified atom stereocenters. The van der Waals surface area contributed by atoms with Crippen molar-refractivity contribution in [3.05, 3.63) is 168 Å². The highest BCUT2D eigenvalue weighted by Gasteiger charge is 2.21. The first-order valence-electron chi connectivity index (χ1n) is 14.1. The van der Waals surface area contributed by atoms with Crippen LogP contribution in [0.5, 0.6) is 5.75 Å². The molecule has 0 saturated carbocycles. The van der Waals surface area contributed by atoms with Gasteiger partial charge in [0.05, 0.1) is 0 Å². The molecule has 5 aromatic rings. The number of rotatable bonds is 1. The van der Waals surface area contributed by atoms with Gasteiger partial charge in [-0.2, -0.15) is 0 Å². The van der Waals surface area contributed by atoms with Crippen LogP contribution in [-0.2, 0) is 6.42 Å². The van der Waals surface area contributed by atoms with Crippen molar-refractivity contribution in [3.8, 4) is 17.1 Å². The highest BCUT2D eigenvalue weighted by Crippen LogP contribution is 2.42. The molecule has 1 aliphatic carbocycles. The zero-order valence-corrected chi connectivity index (χ0v) is 23.1. The standard InChI is InChI=1S/C39H29NO2/c1-26-13-3-2-4-21-34-35(24-28-16-7-10-19-32(28)38(34)41-26)29-23-30(40)17-8-5-14-27-15-6-9-18-31(27)39-36(25-29)33-20-11-12-22-37(33)42-39/h2-20,22-25H,1,21,40H2/b4-2-,8-5?,13-3-,14-5+,17-8+,27-14?,29-23?,29-25+,30-17?,30-23+,36-25?,39-31?. The number of para-hydroxylation sites is 1. The fourth-order valence-electron chi connectivity index (χ4n) is 5.69. The SMILES string of the molecule is C=C1/C=C\C=C/Cc2c(C3=C/c4c(oc5ccccc45)-c4ccccc4/C=C/C=C/C(N)=C\3)cc3ccccc3c2O1. The molecular weight excluding hydrogens is 514 g/mol. The van der Waals surface area contributed by atoms with Gasteiger partial charge in [0, 0.05) is 33.2 Å². The van der Waals surface area contributed by atoms with Gasteiger partial charge in [-0.05, 0) is 64.9 Å². The maximum absolute atomic E-state index is 6.64. The Morgan fingerprint density at radius 1 is 0.714 bits per heavy atom. The number of hydrogen-bond donors (Lipinski definition) is 1. The average Bonchev–Trinajstić information content (AvgIpc) is 3.40. The van der Waals surface area contributed by atoms with Crippen LogP contribution in [0.2, 0.25) is 0 Å². The van der Waals surface area contributed by atoms with E-state index in [4.69, 9.17) is 14.9 Å². The topological polar surface area (TPSA) is 48.4 Å². The molecule has 1 aromatic heterocycles. The summed E-state index contributed by atoms with van der Waals surface area (Å²) in [7, 11) is 0. The molecule has 1 aliphatic heterocycles. The van der Waals surface area contributed by atoms with E-state index in [1.54, 1.807) is 0 Å². The van der Waals surface area contributed by atoms with Crippen molar-refractivity contribution in [1.29, 1.82) is 0 Å². The molecule has 0 radical (unpaired) electrons. The molecule has 4 aromatic carbocycles. The highest BCUT2D eigenvalue weighted by atomic mass is 16.5. The lowest BCUT2D eigenvalue weighted by atomic mass is 9.89. The second-order valence-corrected chi connectivity index (χ2v) is 10.4. The molecule has 0 atom stereocenters. The molecule has 202 valence electrons. The van der Waals surface area contributed by atoms with Crippen LogP contribution in [0.25, 0.3) is 50.8 Å². The molecule has 2 N–H and O–H groups in total. The van der Waals surface area contributed by atoms with Crippen molar-refractivity contribution in [2.45, 2.75) is 6.42 Å². The summed E-state index contributed by atoms with van der Waals surface area (Å²) in [6.45, 7) is 4.15. The van der Waals surface area contributed by atoms with Gasteiger partial charge in [0.1, 0.15) is 22.9 Å². The Balaban J connectivity index is 1.58. The molecule has 0 spiro atoms.